The van der Waals surface area contributed by atoms with Crippen molar-refractivity contribution in [3.8, 4) is 5.69 Å². The van der Waals surface area contributed by atoms with E-state index in [1.807, 2.05) is 103 Å². The van der Waals surface area contributed by atoms with E-state index in [4.69, 9.17) is 0 Å². The summed E-state index contributed by atoms with van der Waals surface area (Å²) >= 11 is 0. The van der Waals surface area contributed by atoms with Crippen molar-refractivity contribution in [1.29, 1.82) is 0 Å². The summed E-state index contributed by atoms with van der Waals surface area (Å²) in [5, 5.41) is 7.30. The van der Waals surface area contributed by atoms with E-state index in [0.717, 1.165) is 28.2 Å². The van der Waals surface area contributed by atoms with Crippen LogP contribution < -0.4 is 10.2 Å². The lowest BCUT2D eigenvalue weighted by atomic mass is 10.1. The zero-order chi connectivity index (χ0) is 23.8. The van der Waals surface area contributed by atoms with Gasteiger partial charge in [-0.05, 0) is 60.9 Å². The van der Waals surface area contributed by atoms with Crippen molar-refractivity contribution >= 4 is 23.2 Å². The topological polar surface area (TPSA) is 67.2 Å². The monoisotopic (exact) mass is 452 g/mol. The molecule has 0 fully saturated rings. The van der Waals surface area contributed by atoms with Gasteiger partial charge in [0.2, 0.25) is 11.8 Å². The molecule has 0 aliphatic rings. The largest absolute Gasteiger partial charge is 0.326 e. The Labute approximate surface area is 199 Å². The maximum absolute atomic E-state index is 12.8. The number of amides is 2. The highest BCUT2D eigenvalue weighted by molar-refractivity contribution is 5.95. The normalized spacial score (nSPS) is 10.6. The van der Waals surface area contributed by atoms with Crippen LogP contribution in [0.2, 0.25) is 0 Å². The molecular formula is C28H28N4O2. The van der Waals surface area contributed by atoms with Crippen molar-refractivity contribution in [3.05, 3.63) is 108 Å². The van der Waals surface area contributed by atoms with Crippen LogP contribution in [0, 0.1) is 0 Å². The highest BCUT2D eigenvalue weighted by Gasteiger charge is 2.14. The zero-order valence-electron chi connectivity index (χ0n) is 19.2. The van der Waals surface area contributed by atoms with Crippen molar-refractivity contribution in [1.82, 2.24) is 9.78 Å². The maximum atomic E-state index is 12.8. The number of hydrogen-bond donors (Lipinski definition) is 1. The summed E-state index contributed by atoms with van der Waals surface area (Å²) in [6.07, 6.45) is 5.02. The Morgan fingerprint density at radius 3 is 2.24 bits per heavy atom. The van der Waals surface area contributed by atoms with Crippen molar-refractivity contribution in [2.45, 2.75) is 26.2 Å². The molecule has 0 bridgehead atoms. The molecule has 0 saturated carbocycles. The molecule has 1 N–H and O–H groups in total. The third-order valence-electron chi connectivity index (χ3n) is 5.58. The molecule has 0 saturated heterocycles. The number of nitrogens with zero attached hydrogens (tertiary/aromatic N) is 3. The first-order chi connectivity index (χ1) is 16.6. The van der Waals surface area contributed by atoms with Crippen molar-refractivity contribution < 1.29 is 9.59 Å². The summed E-state index contributed by atoms with van der Waals surface area (Å²) in [5.74, 6) is -0.0148. The second-order valence-corrected chi connectivity index (χ2v) is 8.02. The molecule has 3 aromatic carbocycles. The van der Waals surface area contributed by atoms with Gasteiger partial charge in [0, 0.05) is 30.5 Å². The summed E-state index contributed by atoms with van der Waals surface area (Å²) in [6, 6.07) is 27.0. The van der Waals surface area contributed by atoms with Gasteiger partial charge in [-0.1, -0.05) is 48.5 Å². The Kier molecular flexibility index (Phi) is 7.50. The number of carbonyl (C=O) groups is 2. The first-order valence-corrected chi connectivity index (χ1v) is 11.5. The summed E-state index contributed by atoms with van der Waals surface area (Å²) in [6.45, 7) is 2.58. The molecular weight excluding hydrogens is 424 g/mol. The number of benzene rings is 3. The van der Waals surface area contributed by atoms with Crippen LogP contribution in [0.25, 0.3) is 5.69 Å². The van der Waals surface area contributed by atoms with E-state index in [9.17, 15) is 9.59 Å². The number of para-hydroxylation sites is 2. The van der Waals surface area contributed by atoms with Crippen LogP contribution in [0.5, 0.6) is 0 Å². The highest BCUT2D eigenvalue weighted by atomic mass is 16.2. The van der Waals surface area contributed by atoms with E-state index in [1.54, 1.807) is 11.1 Å². The highest BCUT2D eigenvalue weighted by Crippen LogP contribution is 2.17. The number of aryl methyl sites for hydroxylation is 1. The van der Waals surface area contributed by atoms with Gasteiger partial charge in [-0.2, -0.15) is 5.10 Å². The Morgan fingerprint density at radius 2 is 1.56 bits per heavy atom. The average molecular weight is 453 g/mol. The van der Waals surface area contributed by atoms with Gasteiger partial charge in [-0.3, -0.25) is 9.59 Å². The quantitative estimate of drug-likeness (QED) is 0.387. The Morgan fingerprint density at radius 1 is 0.882 bits per heavy atom. The predicted molar refractivity (Wildman–Crippen MR) is 135 cm³/mol. The SMILES string of the molecule is CCN(C(=O)Cc1ccc(NC(=O)CCc2cnn(-c3ccccc3)c2)cc1)c1ccccc1. The fourth-order valence-electron chi connectivity index (χ4n) is 3.78. The van der Waals surface area contributed by atoms with Gasteiger partial charge in [0.15, 0.2) is 0 Å². The van der Waals surface area contributed by atoms with Gasteiger partial charge in [0.1, 0.15) is 0 Å². The lowest BCUT2D eigenvalue weighted by Crippen LogP contribution is -2.31. The van der Waals surface area contributed by atoms with Crippen LogP contribution in [-0.4, -0.2) is 28.1 Å². The van der Waals surface area contributed by atoms with Gasteiger partial charge >= 0.3 is 0 Å². The molecule has 2 amide bonds. The van der Waals surface area contributed by atoms with E-state index < -0.39 is 0 Å². The molecule has 34 heavy (non-hydrogen) atoms. The first kappa shape index (κ1) is 23.0. The van der Waals surface area contributed by atoms with E-state index in [0.29, 0.717) is 25.8 Å². The van der Waals surface area contributed by atoms with E-state index in [2.05, 4.69) is 10.4 Å². The third kappa shape index (κ3) is 5.98. The molecule has 0 aliphatic carbocycles. The number of hydrogen-bond acceptors (Lipinski definition) is 3. The Balaban J connectivity index is 1.27. The minimum absolute atomic E-state index is 0.0431. The van der Waals surface area contributed by atoms with Gasteiger partial charge in [0.05, 0.1) is 18.3 Å². The molecule has 0 atom stereocenters. The molecule has 6 nitrogen and oxygen atoms in total. The average Bonchev–Trinajstić information content (AvgIpc) is 3.35. The minimum atomic E-state index is -0.0578. The molecule has 0 unspecified atom stereocenters. The third-order valence-corrected chi connectivity index (χ3v) is 5.58. The summed E-state index contributed by atoms with van der Waals surface area (Å²) in [7, 11) is 0. The van der Waals surface area contributed by atoms with Crippen LogP contribution in [-0.2, 0) is 22.4 Å². The van der Waals surface area contributed by atoms with Gasteiger partial charge in [0.25, 0.3) is 0 Å². The first-order valence-electron chi connectivity index (χ1n) is 11.5. The molecule has 6 heteroatoms. The van der Waals surface area contributed by atoms with Gasteiger partial charge in [-0.15, -0.1) is 0 Å². The number of likely N-dealkylation sites (N-methyl/N-ethyl adjacent to an activating group) is 1. The molecule has 1 heterocycles. The second kappa shape index (κ2) is 11.1. The predicted octanol–water partition coefficient (Wildman–Crippen LogP) is 5.04. The number of rotatable bonds is 9. The molecule has 172 valence electrons. The van der Waals surface area contributed by atoms with E-state index in [-0.39, 0.29) is 11.8 Å². The Bertz CT molecular complexity index is 1220. The van der Waals surface area contributed by atoms with Crippen LogP contribution in [0.15, 0.2) is 97.3 Å². The molecule has 4 rings (SSSR count). The molecule has 0 radical (unpaired) electrons. The summed E-state index contributed by atoms with van der Waals surface area (Å²) in [5.41, 5.74) is 4.52. The fourth-order valence-corrected chi connectivity index (χ4v) is 3.78. The fraction of sp³-hybridized carbons (Fsp3) is 0.179. The van der Waals surface area contributed by atoms with Crippen molar-refractivity contribution in [3.63, 3.8) is 0 Å². The lowest BCUT2D eigenvalue weighted by Gasteiger charge is -2.21. The molecule has 0 spiro atoms. The van der Waals surface area contributed by atoms with Crippen LogP contribution >= 0.6 is 0 Å². The molecule has 0 aliphatic heterocycles. The number of carbonyl (C=O) groups excluding carboxylic acids is 2. The number of anilines is 2. The summed E-state index contributed by atoms with van der Waals surface area (Å²) in [4.78, 5) is 27.0. The standard InChI is InChI=1S/C28H28N4O2/c1-2-31(25-9-5-3-6-10-25)28(34)19-22-13-16-24(17-14-22)30-27(33)18-15-23-20-29-32(21-23)26-11-7-4-8-12-26/h3-14,16-17,20-21H,2,15,18-19H2,1H3,(H,30,33). The summed E-state index contributed by atoms with van der Waals surface area (Å²) < 4.78 is 1.81. The molecule has 1 aromatic heterocycles. The number of nitrogens with one attached hydrogen (secondary N) is 1. The van der Waals surface area contributed by atoms with E-state index >= 15 is 0 Å². The van der Waals surface area contributed by atoms with Crippen LogP contribution in [0.1, 0.15) is 24.5 Å². The van der Waals surface area contributed by atoms with Gasteiger partial charge in [-0.25, -0.2) is 4.68 Å². The van der Waals surface area contributed by atoms with Crippen molar-refractivity contribution in [2.24, 2.45) is 0 Å². The number of aromatic nitrogens is 2. The smallest absolute Gasteiger partial charge is 0.231 e. The van der Waals surface area contributed by atoms with E-state index in [1.165, 1.54) is 0 Å². The van der Waals surface area contributed by atoms with Gasteiger partial charge < -0.3 is 10.2 Å². The zero-order valence-corrected chi connectivity index (χ0v) is 19.2. The second-order valence-electron chi connectivity index (χ2n) is 8.02. The molecule has 4 aromatic rings. The minimum Gasteiger partial charge on any atom is -0.326 e. The Hall–Kier alpha value is -4.19. The lowest BCUT2D eigenvalue weighted by molar-refractivity contribution is -0.118. The van der Waals surface area contributed by atoms with Crippen LogP contribution in [0.3, 0.4) is 0 Å². The van der Waals surface area contributed by atoms with Crippen LogP contribution in [0.4, 0.5) is 11.4 Å². The van der Waals surface area contributed by atoms with Crippen molar-refractivity contribution in [2.75, 3.05) is 16.8 Å². The maximum Gasteiger partial charge on any atom is 0.231 e.